The molecule has 0 spiro atoms. The number of hydrogen-bond donors (Lipinski definition) is 2. The molecule has 5 nitrogen and oxygen atoms in total. The van der Waals surface area contributed by atoms with Crippen molar-refractivity contribution >= 4 is 12.1 Å². The highest BCUT2D eigenvalue weighted by Gasteiger charge is 2.09. The third kappa shape index (κ3) is 4.00. The van der Waals surface area contributed by atoms with Gasteiger partial charge in [0.1, 0.15) is 5.75 Å². The van der Waals surface area contributed by atoms with Crippen LogP contribution in [0.15, 0.2) is 65.8 Å². The lowest BCUT2D eigenvalue weighted by Gasteiger charge is -2.09. The Kier molecular flexibility index (Phi) is 5.17. The van der Waals surface area contributed by atoms with Gasteiger partial charge in [0, 0.05) is 22.6 Å². The molecular formula is C21H21N3O2. The monoisotopic (exact) mass is 347 g/mol. The zero-order valence-electron chi connectivity index (χ0n) is 14.8. The van der Waals surface area contributed by atoms with Crippen LogP contribution < -0.4 is 5.43 Å². The minimum absolute atomic E-state index is 0.153. The molecule has 0 saturated carbocycles. The van der Waals surface area contributed by atoms with Gasteiger partial charge in [0.15, 0.2) is 0 Å². The number of hydrazone groups is 1. The van der Waals surface area contributed by atoms with Crippen LogP contribution in [-0.2, 0) is 11.2 Å². The maximum absolute atomic E-state index is 12.0. The van der Waals surface area contributed by atoms with Gasteiger partial charge in [-0.25, -0.2) is 5.43 Å². The Labute approximate surface area is 152 Å². The molecule has 1 amide bonds. The Hall–Kier alpha value is -3.34. The minimum atomic E-state index is -0.153. The first-order valence-corrected chi connectivity index (χ1v) is 8.39. The normalized spacial score (nSPS) is 11.0. The fourth-order valence-corrected chi connectivity index (χ4v) is 2.91. The minimum Gasteiger partial charge on any atom is -0.508 e. The second kappa shape index (κ2) is 7.70. The molecule has 3 aromatic rings. The number of benzene rings is 2. The van der Waals surface area contributed by atoms with E-state index >= 15 is 0 Å². The highest BCUT2D eigenvalue weighted by Crippen LogP contribution is 2.21. The maximum Gasteiger partial charge on any atom is 0.244 e. The fourth-order valence-electron chi connectivity index (χ4n) is 2.91. The van der Waals surface area contributed by atoms with Gasteiger partial charge in [0.2, 0.25) is 5.91 Å². The number of aromatic nitrogens is 1. The van der Waals surface area contributed by atoms with Crippen LogP contribution in [0.25, 0.3) is 5.69 Å². The number of carbonyl (C=O) groups excluding carboxylic acids is 1. The molecule has 1 aromatic heterocycles. The van der Waals surface area contributed by atoms with Gasteiger partial charge in [-0.3, -0.25) is 4.79 Å². The van der Waals surface area contributed by atoms with Crippen LogP contribution in [0.3, 0.4) is 0 Å². The van der Waals surface area contributed by atoms with E-state index in [4.69, 9.17) is 0 Å². The van der Waals surface area contributed by atoms with E-state index in [0.29, 0.717) is 6.42 Å². The van der Waals surface area contributed by atoms with Crippen LogP contribution in [0, 0.1) is 13.8 Å². The number of nitrogens with zero attached hydrogens (tertiary/aromatic N) is 2. The van der Waals surface area contributed by atoms with Crippen molar-refractivity contribution in [3.63, 3.8) is 0 Å². The maximum atomic E-state index is 12.0. The van der Waals surface area contributed by atoms with E-state index < -0.39 is 0 Å². The largest absolute Gasteiger partial charge is 0.508 e. The van der Waals surface area contributed by atoms with Crippen molar-refractivity contribution in [1.82, 2.24) is 9.99 Å². The van der Waals surface area contributed by atoms with E-state index in [2.05, 4.69) is 15.1 Å². The van der Waals surface area contributed by atoms with Crippen LogP contribution in [-0.4, -0.2) is 21.8 Å². The number of phenols is 1. The topological polar surface area (TPSA) is 66.6 Å². The van der Waals surface area contributed by atoms with Gasteiger partial charge in [-0.2, -0.15) is 5.10 Å². The van der Waals surface area contributed by atoms with Gasteiger partial charge in [-0.05, 0) is 49.7 Å². The third-order valence-electron chi connectivity index (χ3n) is 4.18. The number of rotatable bonds is 5. The van der Waals surface area contributed by atoms with Gasteiger partial charge in [-0.1, -0.05) is 30.3 Å². The number of phenolic OH excluding ortho intramolecular Hbond substituents is 1. The van der Waals surface area contributed by atoms with Gasteiger partial charge < -0.3 is 9.67 Å². The van der Waals surface area contributed by atoms with Crippen molar-refractivity contribution in [2.24, 2.45) is 5.10 Å². The fraction of sp³-hybridized carbons (Fsp3) is 0.143. The zero-order valence-corrected chi connectivity index (χ0v) is 14.8. The first kappa shape index (κ1) is 17.5. The number of aromatic hydroxyl groups is 1. The van der Waals surface area contributed by atoms with Crippen LogP contribution in [0.2, 0.25) is 0 Å². The molecule has 0 aliphatic carbocycles. The summed E-state index contributed by atoms with van der Waals surface area (Å²) in [6.07, 6.45) is 1.95. The van der Waals surface area contributed by atoms with Gasteiger partial charge in [-0.15, -0.1) is 0 Å². The predicted octanol–water partition coefficient (Wildman–Crippen LogP) is 3.49. The first-order chi connectivity index (χ1) is 12.5. The summed E-state index contributed by atoms with van der Waals surface area (Å²) in [4.78, 5) is 12.0. The summed E-state index contributed by atoms with van der Waals surface area (Å²) in [5.74, 6) is 0.0823. The Morgan fingerprint density at radius 3 is 2.50 bits per heavy atom. The van der Waals surface area contributed by atoms with Crippen molar-refractivity contribution in [2.75, 3.05) is 0 Å². The third-order valence-corrected chi connectivity index (χ3v) is 4.18. The lowest BCUT2D eigenvalue weighted by atomic mass is 10.1. The highest BCUT2D eigenvalue weighted by molar-refractivity contribution is 5.84. The predicted molar refractivity (Wildman–Crippen MR) is 103 cm³/mol. The van der Waals surface area contributed by atoms with E-state index in [1.54, 1.807) is 18.3 Å². The molecule has 0 fully saturated rings. The molecule has 0 saturated heterocycles. The molecule has 0 radical (unpaired) electrons. The van der Waals surface area contributed by atoms with Gasteiger partial charge in [0.05, 0.1) is 12.6 Å². The first-order valence-electron chi connectivity index (χ1n) is 8.39. The molecule has 0 atom stereocenters. The second-order valence-corrected chi connectivity index (χ2v) is 6.13. The average molecular weight is 347 g/mol. The van der Waals surface area contributed by atoms with E-state index in [9.17, 15) is 9.90 Å². The Bertz CT molecular complexity index is 926. The lowest BCUT2D eigenvalue weighted by molar-refractivity contribution is -0.120. The molecule has 2 N–H and O–H groups in total. The summed E-state index contributed by atoms with van der Waals surface area (Å²) in [5, 5.41) is 13.5. The van der Waals surface area contributed by atoms with Crippen LogP contribution >= 0.6 is 0 Å². The zero-order chi connectivity index (χ0) is 18.5. The van der Waals surface area contributed by atoms with E-state index in [1.807, 2.05) is 62.4 Å². The summed E-state index contributed by atoms with van der Waals surface area (Å²) >= 11 is 0. The molecule has 132 valence electrons. The average Bonchev–Trinajstić information content (AvgIpc) is 2.90. The summed E-state index contributed by atoms with van der Waals surface area (Å²) < 4.78 is 2.08. The summed E-state index contributed by atoms with van der Waals surface area (Å²) in [5.41, 5.74) is 7.47. The SMILES string of the molecule is Cc1cc(/C=N/NC(=O)Cc2ccccc2)c(C)n1-c1ccc(O)cc1. The molecule has 3 rings (SSSR count). The van der Waals surface area contributed by atoms with Crippen molar-refractivity contribution < 1.29 is 9.90 Å². The number of nitrogens with one attached hydrogen (secondary N) is 1. The Balaban J connectivity index is 1.70. The van der Waals surface area contributed by atoms with Crippen LogP contribution in [0.1, 0.15) is 22.5 Å². The highest BCUT2D eigenvalue weighted by atomic mass is 16.3. The van der Waals surface area contributed by atoms with E-state index in [1.165, 1.54) is 0 Å². The van der Waals surface area contributed by atoms with E-state index in [0.717, 1.165) is 28.2 Å². The van der Waals surface area contributed by atoms with Crippen molar-refractivity contribution in [3.8, 4) is 11.4 Å². The summed E-state index contributed by atoms with van der Waals surface area (Å²) in [6, 6.07) is 18.6. The molecule has 0 bridgehead atoms. The van der Waals surface area contributed by atoms with Crippen LogP contribution in [0.5, 0.6) is 5.75 Å². The number of hydrogen-bond acceptors (Lipinski definition) is 3. The smallest absolute Gasteiger partial charge is 0.244 e. The van der Waals surface area contributed by atoms with Crippen molar-refractivity contribution in [3.05, 3.63) is 83.2 Å². The molecular weight excluding hydrogens is 326 g/mol. The molecule has 1 heterocycles. The van der Waals surface area contributed by atoms with Crippen LogP contribution in [0.4, 0.5) is 0 Å². The van der Waals surface area contributed by atoms with Crippen molar-refractivity contribution in [1.29, 1.82) is 0 Å². The van der Waals surface area contributed by atoms with Gasteiger partial charge in [0.25, 0.3) is 0 Å². The number of carbonyl (C=O) groups is 1. The Morgan fingerprint density at radius 1 is 1.12 bits per heavy atom. The number of aryl methyl sites for hydroxylation is 1. The van der Waals surface area contributed by atoms with Gasteiger partial charge >= 0.3 is 0 Å². The quantitative estimate of drug-likeness (QED) is 0.548. The molecule has 0 aliphatic heterocycles. The lowest BCUT2D eigenvalue weighted by Crippen LogP contribution is -2.19. The molecule has 26 heavy (non-hydrogen) atoms. The summed E-state index contributed by atoms with van der Waals surface area (Å²) in [7, 11) is 0. The second-order valence-electron chi connectivity index (χ2n) is 6.13. The molecule has 5 heteroatoms. The molecule has 0 aliphatic rings. The Morgan fingerprint density at radius 2 is 1.81 bits per heavy atom. The standard InChI is InChI=1S/C21H21N3O2/c1-15-12-18(16(2)24(15)19-8-10-20(25)11-9-19)14-22-23-21(26)13-17-6-4-3-5-7-17/h3-12,14,25H,13H2,1-2H3,(H,23,26)/b22-14+. The summed E-state index contributed by atoms with van der Waals surface area (Å²) in [6.45, 7) is 4.00. The van der Waals surface area contributed by atoms with Crippen molar-refractivity contribution in [2.45, 2.75) is 20.3 Å². The molecule has 0 unspecified atom stereocenters. The van der Waals surface area contributed by atoms with E-state index in [-0.39, 0.29) is 11.7 Å². The number of amides is 1. The molecule has 2 aromatic carbocycles.